The van der Waals surface area contributed by atoms with Gasteiger partial charge in [-0.15, -0.1) is 0 Å². The smallest absolute Gasteiger partial charge is 0.377 e. The molecule has 0 amide bonds. The van der Waals surface area contributed by atoms with Gasteiger partial charge in [0.15, 0.2) is 6.29 Å². The number of rotatable bonds is 8. The summed E-state index contributed by atoms with van der Waals surface area (Å²) in [6.07, 6.45) is -1.12. The van der Waals surface area contributed by atoms with Gasteiger partial charge in [-0.05, 0) is 20.8 Å². The van der Waals surface area contributed by atoms with E-state index in [0.29, 0.717) is 0 Å². The zero-order chi connectivity index (χ0) is 13.5. The molecule has 0 spiro atoms. The first kappa shape index (κ1) is 16.2. The second kappa shape index (κ2) is 7.55. The number of esters is 1. The molecule has 102 valence electrons. The quantitative estimate of drug-likeness (QED) is 0.492. The standard InChI is InChI=1S/C11H20F2O4/c1-5-15-9(16-6-2)8(4)11(12,13)10(14)17-7-3/h8-9H,5-7H2,1-4H3. The van der Waals surface area contributed by atoms with Crippen LogP contribution in [0.2, 0.25) is 0 Å². The summed E-state index contributed by atoms with van der Waals surface area (Å²) in [5.41, 5.74) is 0. The first-order valence-corrected chi connectivity index (χ1v) is 5.69. The third-order valence-corrected chi connectivity index (χ3v) is 2.19. The van der Waals surface area contributed by atoms with E-state index >= 15 is 0 Å². The number of hydrogen-bond acceptors (Lipinski definition) is 4. The lowest BCUT2D eigenvalue weighted by atomic mass is 10.0. The van der Waals surface area contributed by atoms with Crippen LogP contribution < -0.4 is 0 Å². The van der Waals surface area contributed by atoms with Crippen LogP contribution in [0, 0.1) is 5.92 Å². The van der Waals surface area contributed by atoms with Gasteiger partial charge < -0.3 is 14.2 Å². The van der Waals surface area contributed by atoms with Crippen molar-refractivity contribution in [2.24, 2.45) is 5.92 Å². The highest BCUT2D eigenvalue weighted by molar-refractivity contribution is 5.77. The maximum absolute atomic E-state index is 13.7. The number of carbonyl (C=O) groups excluding carboxylic acids is 1. The fraction of sp³-hybridized carbons (Fsp3) is 0.909. The maximum atomic E-state index is 13.7. The number of alkyl halides is 2. The Kier molecular flexibility index (Phi) is 7.22. The summed E-state index contributed by atoms with van der Waals surface area (Å²) in [6.45, 7) is 6.38. The van der Waals surface area contributed by atoms with Crippen LogP contribution in [0.4, 0.5) is 8.78 Å². The second-order valence-electron chi connectivity index (χ2n) is 3.41. The van der Waals surface area contributed by atoms with Crippen molar-refractivity contribution >= 4 is 5.97 Å². The van der Waals surface area contributed by atoms with Crippen LogP contribution in [0.3, 0.4) is 0 Å². The summed E-state index contributed by atoms with van der Waals surface area (Å²) < 4.78 is 41.8. The summed E-state index contributed by atoms with van der Waals surface area (Å²) >= 11 is 0. The third-order valence-electron chi connectivity index (χ3n) is 2.19. The molecule has 0 fully saturated rings. The lowest BCUT2D eigenvalue weighted by molar-refractivity contribution is -0.226. The molecular formula is C11H20F2O4. The van der Waals surface area contributed by atoms with E-state index < -0.39 is 24.1 Å². The Hall–Kier alpha value is -0.750. The maximum Gasteiger partial charge on any atom is 0.377 e. The number of carbonyl (C=O) groups is 1. The van der Waals surface area contributed by atoms with Crippen LogP contribution >= 0.6 is 0 Å². The predicted octanol–water partition coefficient (Wildman–Crippen LogP) is 2.22. The van der Waals surface area contributed by atoms with Crippen LogP contribution in [-0.2, 0) is 19.0 Å². The average Bonchev–Trinajstić information content (AvgIpc) is 2.28. The van der Waals surface area contributed by atoms with Crippen molar-refractivity contribution in [2.75, 3.05) is 19.8 Å². The molecule has 0 aliphatic heterocycles. The minimum atomic E-state index is -3.62. The van der Waals surface area contributed by atoms with Crippen molar-refractivity contribution in [1.29, 1.82) is 0 Å². The van der Waals surface area contributed by atoms with Gasteiger partial charge in [-0.2, -0.15) is 8.78 Å². The average molecular weight is 254 g/mol. The van der Waals surface area contributed by atoms with Crippen molar-refractivity contribution in [3.63, 3.8) is 0 Å². The molecule has 0 aliphatic carbocycles. The SMILES string of the molecule is CCOC(=O)C(F)(F)C(C)C(OCC)OCC. The predicted molar refractivity (Wildman–Crippen MR) is 57.8 cm³/mol. The molecule has 0 aliphatic rings. The Bertz CT molecular complexity index is 228. The van der Waals surface area contributed by atoms with Crippen LogP contribution in [0.15, 0.2) is 0 Å². The molecule has 6 heteroatoms. The zero-order valence-corrected chi connectivity index (χ0v) is 10.7. The summed E-state index contributed by atoms with van der Waals surface area (Å²) in [5, 5.41) is 0. The Morgan fingerprint density at radius 3 is 1.94 bits per heavy atom. The minimum absolute atomic E-state index is 0.0882. The molecule has 17 heavy (non-hydrogen) atoms. The van der Waals surface area contributed by atoms with Gasteiger partial charge >= 0.3 is 11.9 Å². The monoisotopic (exact) mass is 254 g/mol. The highest BCUT2D eigenvalue weighted by atomic mass is 19.3. The van der Waals surface area contributed by atoms with E-state index in [-0.39, 0.29) is 19.8 Å². The largest absolute Gasteiger partial charge is 0.462 e. The summed E-state index contributed by atoms with van der Waals surface area (Å²) in [7, 11) is 0. The zero-order valence-electron chi connectivity index (χ0n) is 10.7. The van der Waals surface area contributed by atoms with E-state index in [9.17, 15) is 13.6 Å². The van der Waals surface area contributed by atoms with Crippen molar-refractivity contribution in [2.45, 2.75) is 39.9 Å². The molecule has 0 radical (unpaired) electrons. The fourth-order valence-corrected chi connectivity index (χ4v) is 1.25. The van der Waals surface area contributed by atoms with E-state index in [0.717, 1.165) is 0 Å². The Morgan fingerprint density at radius 1 is 1.12 bits per heavy atom. The molecule has 0 bridgehead atoms. The van der Waals surface area contributed by atoms with Crippen molar-refractivity contribution in [3.8, 4) is 0 Å². The van der Waals surface area contributed by atoms with Crippen molar-refractivity contribution < 1.29 is 27.8 Å². The molecule has 0 rings (SSSR count). The molecule has 0 saturated carbocycles. The first-order valence-electron chi connectivity index (χ1n) is 5.69. The summed E-state index contributed by atoms with van der Waals surface area (Å²) in [4.78, 5) is 11.1. The van der Waals surface area contributed by atoms with Gasteiger partial charge in [0.05, 0.1) is 12.5 Å². The van der Waals surface area contributed by atoms with Crippen LogP contribution in [-0.4, -0.2) is 38.0 Å². The topological polar surface area (TPSA) is 44.8 Å². The summed E-state index contributed by atoms with van der Waals surface area (Å²) in [6, 6.07) is 0. The lowest BCUT2D eigenvalue weighted by Crippen LogP contribution is -2.45. The molecule has 0 aromatic rings. The second-order valence-corrected chi connectivity index (χ2v) is 3.41. The van der Waals surface area contributed by atoms with E-state index in [1.165, 1.54) is 13.8 Å². The Balaban J connectivity index is 4.70. The normalized spacial score (nSPS) is 13.8. The fourth-order valence-electron chi connectivity index (χ4n) is 1.25. The van der Waals surface area contributed by atoms with Crippen molar-refractivity contribution in [1.82, 2.24) is 0 Å². The molecule has 1 unspecified atom stereocenters. The van der Waals surface area contributed by atoms with Crippen LogP contribution in [0.25, 0.3) is 0 Å². The molecule has 0 heterocycles. The highest BCUT2D eigenvalue weighted by Gasteiger charge is 2.50. The van der Waals surface area contributed by atoms with Crippen LogP contribution in [0.1, 0.15) is 27.7 Å². The van der Waals surface area contributed by atoms with Gasteiger partial charge in [0.25, 0.3) is 0 Å². The molecule has 4 nitrogen and oxygen atoms in total. The van der Waals surface area contributed by atoms with Gasteiger partial charge in [-0.1, -0.05) is 6.92 Å². The van der Waals surface area contributed by atoms with Gasteiger partial charge in [0.1, 0.15) is 0 Å². The molecule has 0 saturated heterocycles. The molecular weight excluding hydrogens is 234 g/mol. The minimum Gasteiger partial charge on any atom is -0.462 e. The lowest BCUT2D eigenvalue weighted by Gasteiger charge is -2.28. The number of halogens is 2. The number of hydrogen-bond donors (Lipinski definition) is 0. The van der Waals surface area contributed by atoms with E-state index in [2.05, 4.69) is 4.74 Å². The molecule has 0 aromatic heterocycles. The van der Waals surface area contributed by atoms with Gasteiger partial charge in [0.2, 0.25) is 0 Å². The molecule has 0 N–H and O–H groups in total. The van der Waals surface area contributed by atoms with Gasteiger partial charge in [0, 0.05) is 13.2 Å². The Morgan fingerprint density at radius 2 is 1.59 bits per heavy atom. The summed E-state index contributed by atoms with van der Waals surface area (Å²) in [5.74, 6) is -6.57. The van der Waals surface area contributed by atoms with Gasteiger partial charge in [-0.3, -0.25) is 0 Å². The van der Waals surface area contributed by atoms with E-state index in [1.54, 1.807) is 13.8 Å². The first-order chi connectivity index (χ1) is 7.91. The Labute approximate surface area is 100 Å². The van der Waals surface area contributed by atoms with Crippen LogP contribution in [0.5, 0.6) is 0 Å². The number of ether oxygens (including phenoxy) is 3. The van der Waals surface area contributed by atoms with Crippen molar-refractivity contribution in [3.05, 3.63) is 0 Å². The van der Waals surface area contributed by atoms with E-state index in [4.69, 9.17) is 9.47 Å². The molecule has 1 atom stereocenters. The third kappa shape index (κ3) is 4.55. The van der Waals surface area contributed by atoms with E-state index in [1.807, 2.05) is 0 Å². The molecule has 0 aromatic carbocycles. The van der Waals surface area contributed by atoms with Gasteiger partial charge in [-0.25, -0.2) is 4.79 Å². The highest BCUT2D eigenvalue weighted by Crippen LogP contribution is 2.30.